The van der Waals surface area contributed by atoms with Crippen LogP contribution in [0.1, 0.15) is 18.9 Å². The standard InChI is InChI=1S/C16H17NO/c1-3-12(11-17)8-13-4-5-15-10-16(18-2)7-6-14(15)9-13/h4-7,9-10,12H,3,8H2,1-2H3. The molecule has 2 rings (SSSR count). The molecule has 0 aliphatic carbocycles. The Hall–Kier alpha value is -2.01. The van der Waals surface area contributed by atoms with Crippen molar-refractivity contribution in [3.05, 3.63) is 42.0 Å². The van der Waals surface area contributed by atoms with E-state index in [1.165, 1.54) is 16.3 Å². The topological polar surface area (TPSA) is 33.0 Å². The van der Waals surface area contributed by atoms with Crippen LogP contribution in [0.15, 0.2) is 36.4 Å². The summed E-state index contributed by atoms with van der Waals surface area (Å²) in [7, 11) is 1.67. The Balaban J connectivity index is 2.31. The Morgan fingerprint density at radius 2 is 1.89 bits per heavy atom. The van der Waals surface area contributed by atoms with Crippen molar-refractivity contribution in [3.63, 3.8) is 0 Å². The summed E-state index contributed by atoms with van der Waals surface area (Å²) in [4.78, 5) is 0. The summed E-state index contributed by atoms with van der Waals surface area (Å²) in [5, 5.41) is 11.4. The molecule has 1 unspecified atom stereocenters. The lowest BCUT2D eigenvalue weighted by atomic mass is 9.96. The molecule has 0 saturated carbocycles. The molecule has 18 heavy (non-hydrogen) atoms. The van der Waals surface area contributed by atoms with Gasteiger partial charge in [-0.25, -0.2) is 0 Å². The van der Waals surface area contributed by atoms with Crippen LogP contribution in [0.4, 0.5) is 0 Å². The Morgan fingerprint density at radius 1 is 1.17 bits per heavy atom. The van der Waals surface area contributed by atoms with Gasteiger partial charge in [-0.2, -0.15) is 5.26 Å². The maximum absolute atomic E-state index is 9.00. The fourth-order valence-electron chi connectivity index (χ4n) is 2.09. The van der Waals surface area contributed by atoms with Gasteiger partial charge in [-0.1, -0.05) is 31.2 Å². The van der Waals surface area contributed by atoms with Crippen LogP contribution in [-0.2, 0) is 6.42 Å². The van der Waals surface area contributed by atoms with Crippen molar-refractivity contribution >= 4 is 10.8 Å². The summed E-state index contributed by atoms with van der Waals surface area (Å²) in [5.74, 6) is 0.986. The van der Waals surface area contributed by atoms with E-state index in [0.717, 1.165) is 18.6 Å². The van der Waals surface area contributed by atoms with Crippen molar-refractivity contribution < 1.29 is 4.74 Å². The normalized spacial score (nSPS) is 12.1. The van der Waals surface area contributed by atoms with Gasteiger partial charge in [-0.05, 0) is 41.3 Å². The van der Waals surface area contributed by atoms with Crippen LogP contribution in [-0.4, -0.2) is 7.11 Å². The quantitative estimate of drug-likeness (QED) is 0.809. The van der Waals surface area contributed by atoms with Crippen LogP contribution in [0.5, 0.6) is 5.75 Å². The summed E-state index contributed by atoms with van der Waals surface area (Å²) in [6.45, 7) is 2.06. The van der Waals surface area contributed by atoms with Gasteiger partial charge in [0.1, 0.15) is 5.75 Å². The first-order chi connectivity index (χ1) is 8.76. The number of nitriles is 1. The molecule has 0 fully saturated rings. The molecule has 0 spiro atoms. The molecule has 0 heterocycles. The largest absolute Gasteiger partial charge is 0.497 e. The van der Waals surface area contributed by atoms with Gasteiger partial charge >= 0.3 is 0 Å². The average Bonchev–Trinajstić information content (AvgIpc) is 2.44. The minimum atomic E-state index is 0.112. The predicted octanol–water partition coefficient (Wildman–Crippen LogP) is 3.94. The van der Waals surface area contributed by atoms with Crippen molar-refractivity contribution in [3.8, 4) is 11.8 Å². The monoisotopic (exact) mass is 239 g/mol. The molecule has 0 bridgehead atoms. The van der Waals surface area contributed by atoms with Crippen molar-refractivity contribution in [2.45, 2.75) is 19.8 Å². The van der Waals surface area contributed by atoms with Crippen LogP contribution in [0, 0.1) is 17.2 Å². The molecule has 0 aliphatic rings. The van der Waals surface area contributed by atoms with Crippen LogP contribution >= 0.6 is 0 Å². The minimum Gasteiger partial charge on any atom is -0.497 e. The SMILES string of the molecule is CCC(C#N)Cc1ccc2cc(OC)ccc2c1. The molecule has 2 aromatic rings. The Kier molecular flexibility index (Phi) is 3.84. The molecule has 0 aliphatic heterocycles. The maximum Gasteiger partial charge on any atom is 0.119 e. The van der Waals surface area contributed by atoms with E-state index in [-0.39, 0.29) is 5.92 Å². The number of benzene rings is 2. The van der Waals surface area contributed by atoms with Crippen LogP contribution < -0.4 is 4.74 Å². The van der Waals surface area contributed by atoms with E-state index in [1.807, 2.05) is 12.1 Å². The summed E-state index contributed by atoms with van der Waals surface area (Å²) < 4.78 is 5.21. The number of methoxy groups -OCH3 is 1. The van der Waals surface area contributed by atoms with E-state index < -0.39 is 0 Å². The first-order valence-electron chi connectivity index (χ1n) is 6.23. The van der Waals surface area contributed by atoms with E-state index in [2.05, 4.69) is 37.3 Å². The van der Waals surface area contributed by atoms with Crippen LogP contribution in [0.3, 0.4) is 0 Å². The van der Waals surface area contributed by atoms with E-state index in [1.54, 1.807) is 7.11 Å². The molecule has 0 aromatic heterocycles. The number of hydrogen-bond donors (Lipinski definition) is 0. The lowest BCUT2D eigenvalue weighted by Crippen LogP contribution is -1.99. The number of fused-ring (bicyclic) bond motifs is 1. The van der Waals surface area contributed by atoms with Crippen LogP contribution in [0.2, 0.25) is 0 Å². The molecule has 0 radical (unpaired) electrons. The molecule has 92 valence electrons. The Labute approximate surface area is 108 Å². The van der Waals surface area contributed by atoms with E-state index in [0.29, 0.717) is 0 Å². The van der Waals surface area contributed by atoms with Gasteiger partial charge in [0.25, 0.3) is 0 Å². The van der Waals surface area contributed by atoms with E-state index in [4.69, 9.17) is 10.00 Å². The van der Waals surface area contributed by atoms with Crippen molar-refractivity contribution in [2.24, 2.45) is 5.92 Å². The molecule has 0 amide bonds. The highest BCUT2D eigenvalue weighted by atomic mass is 16.5. The summed E-state index contributed by atoms with van der Waals surface area (Å²) >= 11 is 0. The third kappa shape index (κ3) is 2.62. The lowest BCUT2D eigenvalue weighted by Gasteiger charge is -2.08. The average molecular weight is 239 g/mol. The van der Waals surface area contributed by atoms with Gasteiger partial charge in [-0.3, -0.25) is 0 Å². The second-order valence-corrected chi connectivity index (χ2v) is 4.49. The van der Waals surface area contributed by atoms with E-state index in [9.17, 15) is 0 Å². The van der Waals surface area contributed by atoms with Crippen LogP contribution in [0.25, 0.3) is 10.8 Å². The highest BCUT2D eigenvalue weighted by Gasteiger charge is 2.06. The fraction of sp³-hybridized carbons (Fsp3) is 0.312. The molecule has 1 atom stereocenters. The lowest BCUT2D eigenvalue weighted by molar-refractivity contribution is 0.415. The van der Waals surface area contributed by atoms with E-state index >= 15 is 0 Å². The number of rotatable bonds is 4. The zero-order chi connectivity index (χ0) is 13.0. The van der Waals surface area contributed by atoms with Crippen molar-refractivity contribution in [1.82, 2.24) is 0 Å². The number of nitrogens with zero attached hydrogens (tertiary/aromatic N) is 1. The molecular weight excluding hydrogens is 222 g/mol. The van der Waals surface area contributed by atoms with Gasteiger partial charge in [0, 0.05) is 0 Å². The number of ether oxygens (including phenoxy) is 1. The molecule has 2 nitrogen and oxygen atoms in total. The predicted molar refractivity (Wildman–Crippen MR) is 73.6 cm³/mol. The smallest absolute Gasteiger partial charge is 0.119 e. The molecule has 2 aromatic carbocycles. The highest BCUT2D eigenvalue weighted by Crippen LogP contribution is 2.23. The molecule has 2 heteroatoms. The first kappa shape index (κ1) is 12.4. The maximum atomic E-state index is 9.00. The zero-order valence-corrected chi connectivity index (χ0v) is 10.8. The third-order valence-corrected chi connectivity index (χ3v) is 3.27. The third-order valence-electron chi connectivity index (χ3n) is 3.27. The summed E-state index contributed by atoms with van der Waals surface area (Å²) in [5.41, 5.74) is 1.22. The molecule has 0 saturated heterocycles. The van der Waals surface area contributed by atoms with Gasteiger partial charge in [-0.15, -0.1) is 0 Å². The van der Waals surface area contributed by atoms with Gasteiger partial charge in [0.15, 0.2) is 0 Å². The van der Waals surface area contributed by atoms with Gasteiger partial charge < -0.3 is 4.74 Å². The van der Waals surface area contributed by atoms with Gasteiger partial charge in [0.05, 0.1) is 19.1 Å². The zero-order valence-electron chi connectivity index (χ0n) is 10.8. The second kappa shape index (κ2) is 5.55. The Morgan fingerprint density at radius 3 is 2.56 bits per heavy atom. The minimum absolute atomic E-state index is 0.112. The molecular formula is C16H17NO. The highest BCUT2D eigenvalue weighted by molar-refractivity contribution is 5.84. The fourth-order valence-corrected chi connectivity index (χ4v) is 2.09. The summed E-state index contributed by atoms with van der Waals surface area (Å²) in [6.07, 6.45) is 1.73. The first-order valence-corrected chi connectivity index (χ1v) is 6.23. The van der Waals surface area contributed by atoms with Gasteiger partial charge in [0.2, 0.25) is 0 Å². The second-order valence-electron chi connectivity index (χ2n) is 4.49. The summed E-state index contributed by atoms with van der Waals surface area (Å²) in [6, 6.07) is 14.8. The molecule has 0 N–H and O–H groups in total. The number of hydrogen-bond acceptors (Lipinski definition) is 2. The Bertz CT molecular complexity index is 583. The van der Waals surface area contributed by atoms with Crippen molar-refractivity contribution in [1.29, 1.82) is 5.26 Å². The van der Waals surface area contributed by atoms with Crippen molar-refractivity contribution in [2.75, 3.05) is 7.11 Å².